The van der Waals surface area contributed by atoms with Crippen molar-refractivity contribution in [3.05, 3.63) is 29.8 Å². The molecule has 94 valence electrons. The molecule has 1 N–H and O–H groups in total. The number of carbonyl (C=O) groups excluding carboxylic acids is 1. The molecular weight excluding hydrogens is 226 g/mol. The van der Waals surface area contributed by atoms with Crippen LogP contribution in [0.1, 0.15) is 26.3 Å². The summed E-state index contributed by atoms with van der Waals surface area (Å²) in [6.07, 6.45) is 0. The molecule has 2 rings (SSSR count). The zero-order valence-electron chi connectivity index (χ0n) is 10.9. The fourth-order valence-electron chi connectivity index (χ4n) is 2.17. The van der Waals surface area contributed by atoms with Crippen molar-refractivity contribution in [3.63, 3.8) is 0 Å². The monoisotopic (exact) mass is 243 g/mol. The number of piperazine rings is 1. The van der Waals surface area contributed by atoms with Gasteiger partial charge < -0.3 is 10.2 Å². The molecule has 4 heteroatoms. The molecule has 1 atom stereocenters. The number of anilines is 1. The van der Waals surface area contributed by atoms with Gasteiger partial charge in [0.05, 0.1) is 17.2 Å². The normalized spacial score (nSPS) is 22.7. The van der Waals surface area contributed by atoms with Crippen molar-refractivity contribution in [2.24, 2.45) is 0 Å². The molecular formula is C14H17N3O. The van der Waals surface area contributed by atoms with Crippen LogP contribution in [0, 0.1) is 11.3 Å². The Kier molecular flexibility index (Phi) is 3.10. The highest BCUT2D eigenvalue weighted by Gasteiger charge is 2.39. The highest BCUT2D eigenvalue weighted by molar-refractivity contribution is 6.01. The third-order valence-corrected chi connectivity index (χ3v) is 3.29. The summed E-state index contributed by atoms with van der Waals surface area (Å²) in [6.45, 7) is 6.50. The van der Waals surface area contributed by atoms with Crippen molar-refractivity contribution in [1.82, 2.24) is 5.32 Å². The number of hydrogen-bond acceptors (Lipinski definition) is 3. The zero-order valence-corrected chi connectivity index (χ0v) is 10.9. The Morgan fingerprint density at radius 3 is 2.89 bits per heavy atom. The van der Waals surface area contributed by atoms with Gasteiger partial charge >= 0.3 is 0 Å². The topological polar surface area (TPSA) is 56.1 Å². The quantitative estimate of drug-likeness (QED) is 0.816. The van der Waals surface area contributed by atoms with Crippen LogP contribution in [0.5, 0.6) is 0 Å². The summed E-state index contributed by atoms with van der Waals surface area (Å²) < 4.78 is 0. The van der Waals surface area contributed by atoms with E-state index in [1.165, 1.54) is 0 Å². The molecule has 1 fully saturated rings. The number of rotatable bonds is 1. The maximum atomic E-state index is 12.4. The highest BCUT2D eigenvalue weighted by atomic mass is 16.2. The number of carbonyl (C=O) groups is 1. The second kappa shape index (κ2) is 4.43. The van der Waals surface area contributed by atoms with Crippen LogP contribution in [0.15, 0.2) is 24.3 Å². The summed E-state index contributed by atoms with van der Waals surface area (Å²) >= 11 is 0. The minimum atomic E-state index is -0.560. The van der Waals surface area contributed by atoms with Gasteiger partial charge in [-0.05, 0) is 39.0 Å². The highest BCUT2D eigenvalue weighted by Crippen LogP contribution is 2.25. The average Bonchev–Trinajstić information content (AvgIpc) is 2.35. The SMILES string of the molecule is CC1CNC(C)(C)C(=O)N1c1cccc(C#N)c1. The van der Waals surface area contributed by atoms with Gasteiger partial charge in [-0.15, -0.1) is 0 Å². The average molecular weight is 243 g/mol. The third kappa shape index (κ3) is 2.09. The van der Waals surface area contributed by atoms with Crippen molar-refractivity contribution in [2.75, 3.05) is 11.4 Å². The predicted octanol–water partition coefficient (Wildman–Crippen LogP) is 1.66. The number of benzene rings is 1. The van der Waals surface area contributed by atoms with Crippen molar-refractivity contribution in [2.45, 2.75) is 32.4 Å². The summed E-state index contributed by atoms with van der Waals surface area (Å²) in [7, 11) is 0. The summed E-state index contributed by atoms with van der Waals surface area (Å²) in [4.78, 5) is 14.2. The van der Waals surface area contributed by atoms with Gasteiger partial charge in [0.15, 0.2) is 0 Å². The first-order valence-electron chi connectivity index (χ1n) is 6.04. The predicted molar refractivity (Wildman–Crippen MR) is 70.2 cm³/mol. The van der Waals surface area contributed by atoms with Crippen LogP contribution in [0.25, 0.3) is 0 Å². The molecule has 0 aliphatic carbocycles. The summed E-state index contributed by atoms with van der Waals surface area (Å²) in [6, 6.07) is 9.37. The molecule has 0 aromatic heterocycles. The molecule has 1 heterocycles. The Morgan fingerprint density at radius 1 is 1.50 bits per heavy atom. The van der Waals surface area contributed by atoms with E-state index in [9.17, 15) is 4.79 Å². The number of nitriles is 1. The smallest absolute Gasteiger partial charge is 0.247 e. The molecule has 1 saturated heterocycles. The lowest BCUT2D eigenvalue weighted by atomic mass is 9.97. The standard InChI is InChI=1S/C14H17N3O/c1-10-9-16-14(2,3)13(18)17(10)12-6-4-5-11(7-12)8-15/h4-7,10,16H,9H2,1-3H3. The number of nitrogens with one attached hydrogen (secondary N) is 1. The Hall–Kier alpha value is -1.86. The Bertz CT molecular complexity index is 516. The van der Waals surface area contributed by atoms with Crippen LogP contribution < -0.4 is 10.2 Å². The van der Waals surface area contributed by atoms with E-state index in [0.717, 1.165) is 12.2 Å². The number of nitrogens with zero attached hydrogens (tertiary/aromatic N) is 2. The van der Waals surface area contributed by atoms with Crippen LogP contribution in [0.3, 0.4) is 0 Å². The van der Waals surface area contributed by atoms with Gasteiger partial charge in [-0.2, -0.15) is 5.26 Å². The van der Waals surface area contributed by atoms with E-state index < -0.39 is 5.54 Å². The molecule has 1 amide bonds. The van der Waals surface area contributed by atoms with Gasteiger partial charge in [0.25, 0.3) is 0 Å². The van der Waals surface area contributed by atoms with E-state index in [1.54, 1.807) is 17.0 Å². The van der Waals surface area contributed by atoms with Gasteiger partial charge in [0, 0.05) is 18.3 Å². The lowest BCUT2D eigenvalue weighted by Crippen LogP contribution is -2.65. The van der Waals surface area contributed by atoms with Gasteiger partial charge in [-0.3, -0.25) is 4.79 Å². The molecule has 1 aromatic rings. The molecule has 1 aliphatic heterocycles. The molecule has 0 radical (unpaired) electrons. The van der Waals surface area contributed by atoms with Gasteiger partial charge in [-0.1, -0.05) is 6.07 Å². The van der Waals surface area contributed by atoms with E-state index in [0.29, 0.717) is 5.56 Å². The number of amides is 1. The van der Waals surface area contributed by atoms with Gasteiger partial charge in [0.1, 0.15) is 0 Å². The van der Waals surface area contributed by atoms with Crippen LogP contribution in [0.4, 0.5) is 5.69 Å². The molecule has 4 nitrogen and oxygen atoms in total. The van der Waals surface area contributed by atoms with Crippen LogP contribution in [0.2, 0.25) is 0 Å². The van der Waals surface area contributed by atoms with Crippen LogP contribution in [-0.4, -0.2) is 24.0 Å². The lowest BCUT2D eigenvalue weighted by molar-refractivity contribution is -0.125. The van der Waals surface area contributed by atoms with Crippen LogP contribution >= 0.6 is 0 Å². The molecule has 0 bridgehead atoms. The first-order valence-corrected chi connectivity index (χ1v) is 6.04. The zero-order chi connectivity index (χ0) is 13.3. The maximum absolute atomic E-state index is 12.4. The Labute approximate surface area is 107 Å². The third-order valence-electron chi connectivity index (χ3n) is 3.29. The minimum Gasteiger partial charge on any atom is -0.307 e. The first kappa shape index (κ1) is 12.6. The molecule has 18 heavy (non-hydrogen) atoms. The summed E-state index contributed by atoms with van der Waals surface area (Å²) in [5, 5.41) is 12.2. The molecule has 1 aliphatic rings. The summed E-state index contributed by atoms with van der Waals surface area (Å²) in [5.74, 6) is 0.0383. The van der Waals surface area contributed by atoms with Crippen molar-refractivity contribution in [3.8, 4) is 6.07 Å². The summed E-state index contributed by atoms with van der Waals surface area (Å²) in [5.41, 5.74) is 0.805. The molecule has 1 aromatic carbocycles. The second-order valence-corrected chi connectivity index (χ2v) is 5.19. The van der Waals surface area contributed by atoms with Crippen LogP contribution in [-0.2, 0) is 4.79 Å². The Morgan fingerprint density at radius 2 is 2.22 bits per heavy atom. The van der Waals surface area contributed by atoms with E-state index in [4.69, 9.17) is 5.26 Å². The van der Waals surface area contributed by atoms with Gasteiger partial charge in [-0.25, -0.2) is 0 Å². The molecule has 0 saturated carbocycles. The van der Waals surface area contributed by atoms with E-state index >= 15 is 0 Å². The van der Waals surface area contributed by atoms with Crippen molar-refractivity contribution >= 4 is 11.6 Å². The fourth-order valence-corrected chi connectivity index (χ4v) is 2.17. The lowest BCUT2D eigenvalue weighted by Gasteiger charge is -2.42. The second-order valence-electron chi connectivity index (χ2n) is 5.19. The Balaban J connectivity index is 2.41. The molecule has 1 unspecified atom stereocenters. The first-order chi connectivity index (χ1) is 8.45. The van der Waals surface area contributed by atoms with Crippen molar-refractivity contribution in [1.29, 1.82) is 5.26 Å². The largest absolute Gasteiger partial charge is 0.307 e. The van der Waals surface area contributed by atoms with E-state index in [2.05, 4.69) is 11.4 Å². The molecule has 0 spiro atoms. The minimum absolute atomic E-state index is 0.0383. The van der Waals surface area contributed by atoms with Crippen molar-refractivity contribution < 1.29 is 4.79 Å². The van der Waals surface area contributed by atoms with E-state index in [-0.39, 0.29) is 11.9 Å². The maximum Gasteiger partial charge on any atom is 0.247 e. The van der Waals surface area contributed by atoms with E-state index in [1.807, 2.05) is 32.9 Å². The fraction of sp³-hybridized carbons (Fsp3) is 0.429. The van der Waals surface area contributed by atoms with Gasteiger partial charge in [0.2, 0.25) is 5.91 Å². The number of hydrogen-bond donors (Lipinski definition) is 1.